The Bertz CT molecular complexity index is 1040. The van der Waals surface area contributed by atoms with Gasteiger partial charge in [-0.3, -0.25) is 10.1 Å². The second-order valence-electron chi connectivity index (χ2n) is 5.87. The summed E-state index contributed by atoms with van der Waals surface area (Å²) in [4.78, 5) is 16.9. The maximum Gasteiger partial charge on any atom is 0.257 e. The van der Waals surface area contributed by atoms with Gasteiger partial charge in [0.15, 0.2) is 5.13 Å². The summed E-state index contributed by atoms with van der Waals surface area (Å²) in [5.74, 6) is -0.179. The van der Waals surface area contributed by atoms with Gasteiger partial charge in [-0.25, -0.2) is 9.67 Å². The lowest BCUT2D eigenvalue weighted by atomic mass is 10.2. The van der Waals surface area contributed by atoms with Crippen LogP contribution in [0.4, 0.5) is 5.13 Å². The first kappa shape index (κ1) is 16.2. The number of hydrogen-bond acceptors (Lipinski definition) is 4. The molecule has 0 aliphatic heterocycles. The van der Waals surface area contributed by atoms with Gasteiger partial charge >= 0.3 is 0 Å². The van der Waals surface area contributed by atoms with E-state index in [0.29, 0.717) is 10.7 Å². The normalized spacial score (nSPS) is 10.7. The molecule has 0 saturated heterocycles. The smallest absolute Gasteiger partial charge is 0.257 e. The van der Waals surface area contributed by atoms with E-state index in [4.69, 9.17) is 0 Å². The van der Waals surface area contributed by atoms with Crippen LogP contribution >= 0.6 is 11.3 Å². The summed E-state index contributed by atoms with van der Waals surface area (Å²) in [6.45, 7) is 1.99. The van der Waals surface area contributed by atoms with Crippen LogP contribution in [0, 0.1) is 6.92 Å². The van der Waals surface area contributed by atoms with E-state index in [9.17, 15) is 4.79 Å². The molecule has 0 fully saturated rings. The quantitative estimate of drug-likeness (QED) is 0.580. The molecular weight excluding hydrogens is 344 g/mol. The fourth-order valence-corrected chi connectivity index (χ4v) is 3.28. The first-order valence-corrected chi connectivity index (χ1v) is 9.01. The predicted molar refractivity (Wildman–Crippen MR) is 104 cm³/mol. The minimum absolute atomic E-state index is 0.179. The fourth-order valence-electron chi connectivity index (χ4n) is 2.56. The highest BCUT2D eigenvalue weighted by Crippen LogP contribution is 2.25. The Hall–Kier alpha value is -3.25. The summed E-state index contributed by atoms with van der Waals surface area (Å²) in [5, 5.41) is 9.65. The van der Waals surface area contributed by atoms with Crippen LogP contribution in [0.2, 0.25) is 0 Å². The van der Waals surface area contributed by atoms with Crippen LogP contribution in [0.3, 0.4) is 0 Å². The summed E-state index contributed by atoms with van der Waals surface area (Å²) in [6.07, 6.45) is 3.74. The highest BCUT2D eigenvalue weighted by molar-refractivity contribution is 7.14. The van der Waals surface area contributed by atoms with E-state index in [1.807, 2.05) is 61.0 Å². The van der Waals surface area contributed by atoms with Gasteiger partial charge in [0.25, 0.3) is 5.91 Å². The molecule has 0 spiro atoms. The van der Waals surface area contributed by atoms with Crippen molar-refractivity contribution in [2.45, 2.75) is 6.92 Å². The van der Waals surface area contributed by atoms with Crippen LogP contribution < -0.4 is 5.32 Å². The van der Waals surface area contributed by atoms with Gasteiger partial charge in [0, 0.05) is 22.7 Å². The number of amides is 1. The highest BCUT2D eigenvalue weighted by Gasteiger charge is 2.10. The third kappa shape index (κ3) is 3.41. The van der Waals surface area contributed by atoms with Crippen molar-refractivity contribution in [2.24, 2.45) is 0 Å². The lowest BCUT2D eigenvalue weighted by molar-refractivity contribution is 0.102. The number of carbonyl (C=O) groups is 1. The second kappa shape index (κ2) is 6.93. The van der Waals surface area contributed by atoms with Gasteiger partial charge in [0.2, 0.25) is 0 Å². The van der Waals surface area contributed by atoms with E-state index in [0.717, 1.165) is 22.5 Å². The maximum atomic E-state index is 12.4. The Kier molecular flexibility index (Phi) is 4.33. The molecule has 4 aromatic rings. The van der Waals surface area contributed by atoms with Crippen LogP contribution in [-0.2, 0) is 0 Å². The summed E-state index contributed by atoms with van der Waals surface area (Å²) >= 11 is 1.41. The molecule has 1 N–H and O–H groups in total. The van der Waals surface area contributed by atoms with E-state index >= 15 is 0 Å². The van der Waals surface area contributed by atoms with Gasteiger partial charge < -0.3 is 0 Å². The Balaban J connectivity index is 1.47. The number of nitrogens with one attached hydrogen (secondary N) is 1. The minimum atomic E-state index is -0.179. The molecule has 4 rings (SSSR count). The zero-order chi connectivity index (χ0) is 17.9. The molecule has 0 unspecified atom stereocenters. The lowest BCUT2D eigenvalue weighted by Crippen LogP contribution is -2.11. The predicted octanol–water partition coefficient (Wildman–Crippen LogP) is 4.56. The molecular formula is C20H16N4OS. The van der Waals surface area contributed by atoms with E-state index < -0.39 is 0 Å². The Morgan fingerprint density at radius 3 is 2.54 bits per heavy atom. The number of anilines is 1. The molecule has 0 saturated carbocycles. The molecule has 0 aliphatic rings. The second-order valence-corrected chi connectivity index (χ2v) is 6.73. The van der Waals surface area contributed by atoms with Crippen LogP contribution in [-0.4, -0.2) is 20.7 Å². The van der Waals surface area contributed by atoms with Crippen molar-refractivity contribution in [1.29, 1.82) is 0 Å². The van der Waals surface area contributed by atoms with Gasteiger partial charge in [0.1, 0.15) is 0 Å². The van der Waals surface area contributed by atoms with Crippen molar-refractivity contribution in [3.63, 3.8) is 0 Å². The minimum Gasteiger partial charge on any atom is -0.298 e. The SMILES string of the molecule is Cc1cnn(-c2ccc(C(=O)Nc3nc(-c4ccccc4)cs3)cc2)c1. The Morgan fingerprint density at radius 1 is 1.08 bits per heavy atom. The van der Waals surface area contributed by atoms with Crippen molar-refractivity contribution in [3.05, 3.63) is 83.5 Å². The van der Waals surface area contributed by atoms with Crippen molar-refractivity contribution < 1.29 is 4.79 Å². The number of nitrogens with zero attached hydrogens (tertiary/aromatic N) is 3. The van der Waals surface area contributed by atoms with Crippen LogP contribution in [0.25, 0.3) is 16.9 Å². The monoisotopic (exact) mass is 360 g/mol. The van der Waals surface area contributed by atoms with Crippen molar-refractivity contribution in [1.82, 2.24) is 14.8 Å². The van der Waals surface area contributed by atoms with E-state index in [1.54, 1.807) is 23.0 Å². The number of aryl methyl sites for hydroxylation is 1. The third-order valence-electron chi connectivity index (χ3n) is 3.90. The van der Waals surface area contributed by atoms with Gasteiger partial charge in [-0.15, -0.1) is 11.3 Å². The molecule has 2 aromatic carbocycles. The average molecular weight is 360 g/mol. The van der Waals surface area contributed by atoms with E-state index in [-0.39, 0.29) is 5.91 Å². The molecule has 0 aliphatic carbocycles. The number of hydrogen-bond donors (Lipinski definition) is 1. The Labute approximate surface area is 155 Å². The molecule has 2 aromatic heterocycles. The number of aromatic nitrogens is 3. The summed E-state index contributed by atoms with van der Waals surface area (Å²) < 4.78 is 1.78. The molecule has 0 bridgehead atoms. The van der Waals surface area contributed by atoms with Gasteiger partial charge in [-0.1, -0.05) is 30.3 Å². The topological polar surface area (TPSA) is 59.8 Å². The average Bonchev–Trinajstić information content (AvgIpc) is 3.32. The van der Waals surface area contributed by atoms with Crippen molar-refractivity contribution in [3.8, 4) is 16.9 Å². The van der Waals surface area contributed by atoms with Gasteiger partial charge in [0.05, 0.1) is 17.6 Å². The summed E-state index contributed by atoms with van der Waals surface area (Å²) in [6, 6.07) is 17.2. The lowest BCUT2D eigenvalue weighted by Gasteiger charge is -2.04. The number of rotatable bonds is 4. The number of thiazole rings is 1. The summed E-state index contributed by atoms with van der Waals surface area (Å²) in [7, 11) is 0. The fraction of sp³-hybridized carbons (Fsp3) is 0.0500. The molecule has 6 heteroatoms. The molecule has 5 nitrogen and oxygen atoms in total. The van der Waals surface area contributed by atoms with Crippen molar-refractivity contribution >= 4 is 22.4 Å². The number of benzene rings is 2. The first-order chi connectivity index (χ1) is 12.7. The Morgan fingerprint density at radius 2 is 1.85 bits per heavy atom. The zero-order valence-electron chi connectivity index (χ0n) is 14.1. The van der Waals surface area contributed by atoms with Crippen molar-refractivity contribution in [2.75, 3.05) is 5.32 Å². The zero-order valence-corrected chi connectivity index (χ0v) is 14.9. The highest BCUT2D eigenvalue weighted by atomic mass is 32.1. The number of carbonyl (C=O) groups excluding carboxylic acids is 1. The molecule has 26 heavy (non-hydrogen) atoms. The van der Waals surface area contributed by atoms with E-state index in [1.165, 1.54) is 11.3 Å². The summed E-state index contributed by atoms with van der Waals surface area (Å²) in [5.41, 5.74) is 4.47. The largest absolute Gasteiger partial charge is 0.298 e. The standard InChI is InChI=1S/C20H16N4OS/c1-14-11-21-24(12-14)17-9-7-16(8-10-17)19(25)23-20-22-18(13-26-20)15-5-3-2-4-6-15/h2-13H,1H3,(H,22,23,25). The van der Waals surface area contributed by atoms with Gasteiger partial charge in [-0.05, 0) is 36.8 Å². The molecule has 128 valence electrons. The van der Waals surface area contributed by atoms with Gasteiger partial charge in [-0.2, -0.15) is 5.10 Å². The third-order valence-corrected chi connectivity index (χ3v) is 4.66. The van der Waals surface area contributed by atoms with E-state index in [2.05, 4.69) is 15.4 Å². The molecule has 0 radical (unpaired) electrons. The maximum absolute atomic E-state index is 12.4. The first-order valence-electron chi connectivity index (χ1n) is 8.13. The van der Waals surface area contributed by atoms with Crippen LogP contribution in [0.5, 0.6) is 0 Å². The molecule has 0 atom stereocenters. The molecule has 2 heterocycles. The van der Waals surface area contributed by atoms with Crippen LogP contribution in [0.15, 0.2) is 72.4 Å². The molecule has 1 amide bonds. The van der Waals surface area contributed by atoms with Crippen LogP contribution in [0.1, 0.15) is 15.9 Å².